The van der Waals surface area contributed by atoms with Crippen molar-refractivity contribution in [2.45, 2.75) is 38.5 Å². The van der Waals surface area contributed by atoms with Crippen molar-refractivity contribution in [2.75, 3.05) is 5.73 Å². The van der Waals surface area contributed by atoms with Crippen molar-refractivity contribution in [3.05, 3.63) is 27.9 Å². The molecule has 0 bridgehead atoms. The molecule has 1 amide bonds. The lowest BCUT2D eigenvalue weighted by molar-refractivity contribution is -0.161. The summed E-state index contributed by atoms with van der Waals surface area (Å²) < 4.78 is 35.0. The minimum atomic E-state index is -4.99. The van der Waals surface area contributed by atoms with E-state index in [9.17, 15) is 37.3 Å². The van der Waals surface area contributed by atoms with Crippen LogP contribution in [0.25, 0.3) is 0 Å². The molecule has 0 spiro atoms. The van der Waals surface area contributed by atoms with Crippen LogP contribution in [0.15, 0.2) is 21.7 Å². The lowest BCUT2D eigenvalue weighted by Gasteiger charge is -2.43. The number of ketones is 1. The Bertz CT molecular complexity index is 1370. The Hall–Kier alpha value is -3.64. The summed E-state index contributed by atoms with van der Waals surface area (Å²) in [4.78, 5) is 58.0. The zero-order chi connectivity index (χ0) is 26.3. The highest BCUT2D eigenvalue weighted by Crippen LogP contribution is 2.33. The predicted molar refractivity (Wildman–Crippen MR) is 119 cm³/mol. The summed E-state index contributed by atoms with van der Waals surface area (Å²) in [7, 11) is -3.59. The molecule has 1 aliphatic rings. The van der Waals surface area contributed by atoms with Crippen LogP contribution in [0.3, 0.4) is 0 Å². The summed E-state index contributed by atoms with van der Waals surface area (Å²) in [5.41, 5.74) is 2.68. The number of nitrogens with zero attached hydrogens (tertiary/aromatic N) is 6. The molecule has 1 saturated heterocycles. The number of rotatable bonds is 10. The van der Waals surface area contributed by atoms with Crippen LogP contribution in [-0.4, -0.2) is 76.7 Å². The van der Waals surface area contributed by atoms with Crippen LogP contribution in [0, 0.1) is 5.92 Å². The molecule has 1 aliphatic heterocycles. The number of nitrogens with two attached hydrogens (primary N) is 1. The van der Waals surface area contributed by atoms with E-state index in [1.54, 1.807) is 0 Å². The molecular weight excluding hydrogens is 510 g/mol. The van der Waals surface area contributed by atoms with E-state index < -0.39 is 69.9 Å². The highest BCUT2D eigenvalue weighted by molar-refractivity contribution is 7.84. The molecule has 18 heteroatoms. The number of carbonyl (C=O) groups excluding carboxylic acids is 2. The van der Waals surface area contributed by atoms with Crippen molar-refractivity contribution in [1.29, 1.82) is 0 Å². The number of carboxylic acids is 1. The number of Topliss-reactive ketones (excluding diaryl/α,β-unsaturated/α-hetero) is 1. The monoisotopic (exact) mass is 531 g/mol. The Morgan fingerprint density at radius 1 is 1.34 bits per heavy atom. The molecule has 0 radical (unpaired) electrons. The molecule has 0 aliphatic carbocycles. The van der Waals surface area contributed by atoms with Gasteiger partial charge in [0.1, 0.15) is 12.0 Å². The smallest absolute Gasteiger partial charge is 0.362 e. The van der Waals surface area contributed by atoms with Gasteiger partial charge in [0.15, 0.2) is 16.6 Å². The van der Waals surface area contributed by atoms with Gasteiger partial charge in [-0.15, -0.1) is 11.3 Å². The second kappa shape index (κ2) is 9.19. The van der Waals surface area contributed by atoms with Crippen molar-refractivity contribution in [2.24, 2.45) is 18.1 Å². The summed E-state index contributed by atoms with van der Waals surface area (Å²) in [6.45, 7) is 1.95. The number of amides is 1. The van der Waals surface area contributed by atoms with Crippen LogP contribution >= 0.6 is 11.3 Å². The lowest BCUT2D eigenvalue weighted by atomic mass is 9.84. The van der Waals surface area contributed by atoms with Crippen LogP contribution in [0.5, 0.6) is 0 Å². The number of carbonyl (C=O) groups is 3. The first kappa shape index (κ1) is 26.0. The number of nitrogen functional groups attached to an aromatic ring is 1. The zero-order valence-electron chi connectivity index (χ0n) is 18.6. The molecule has 2 aromatic rings. The van der Waals surface area contributed by atoms with E-state index in [1.807, 2.05) is 0 Å². The van der Waals surface area contributed by atoms with Gasteiger partial charge in [-0.25, -0.2) is 23.6 Å². The first-order chi connectivity index (χ1) is 16.1. The molecule has 2 atom stereocenters. The van der Waals surface area contributed by atoms with E-state index in [1.165, 1.54) is 32.6 Å². The number of oxime groups is 1. The summed E-state index contributed by atoms with van der Waals surface area (Å²) in [6.07, 6.45) is 0.546. The number of aromatic nitrogens is 4. The second-order valence-corrected chi connectivity index (χ2v) is 10.2. The van der Waals surface area contributed by atoms with Crippen molar-refractivity contribution in [3.8, 4) is 0 Å². The van der Waals surface area contributed by atoms with Gasteiger partial charge >= 0.3 is 22.0 Å². The Kier molecular flexibility index (Phi) is 6.82. The molecule has 0 saturated carbocycles. The molecule has 3 rings (SSSR count). The number of aryl methyl sites for hydroxylation is 1. The Labute approximate surface area is 201 Å². The zero-order valence-corrected chi connectivity index (χ0v) is 20.2. The molecular formula is C17H21N7O9S2. The number of aliphatic carboxylic acids is 1. The third-order valence-electron chi connectivity index (χ3n) is 5.11. The van der Waals surface area contributed by atoms with Crippen LogP contribution in [0.4, 0.5) is 5.13 Å². The van der Waals surface area contributed by atoms with Crippen LogP contribution < -0.4 is 11.4 Å². The van der Waals surface area contributed by atoms with Gasteiger partial charge in [-0.05, 0) is 13.8 Å². The van der Waals surface area contributed by atoms with Crippen molar-refractivity contribution >= 4 is 50.1 Å². The molecule has 3 heterocycles. The molecule has 0 aromatic carbocycles. The minimum absolute atomic E-state index is 0.0467. The molecule has 16 nitrogen and oxygen atoms in total. The van der Waals surface area contributed by atoms with E-state index in [0.717, 1.165) is 20.6 Å². The molecule has 1 fully saturated rings. The second-order valence-electron chi connectivity index (χ2n) is 8.04. The number of anilines is 1. The van der Waals surface area contributed by atoms with Crippen molar-refractivity contribution in [1.82, 2.24) is 23.6 Å². The van der Waals surface area contributed by atoms with E-state index in [4.69, 9.17) is 10.6 Å². The van der Waals surface area contributed by atoms with Gasteiger partial charge in [-0.2, -0.15) is 13.5 Å². The normalized spacial score (nSPS) is 18.9. The lowest BCUT2D eigenvalue weighted by Crippen LogP contribution is -2.65. The molecule has 2 aromatic heterocycles. The number of hydrogen-bond donors (Lipinski definition) is 3. The number of thiazole rings is 1. The average molecular weight is 532 g/mol. The van der Waals surface area contributed by atoms with E-state index in [-0.39, 0.29) is 15.1 Å². The number of carboxylic acid groups (broad SMARTS) is 1. The molecule has 0 unspecified atom stereocenters. The quantitative estimate of drug-likeness (QED) is 0.138. The van der Waals surface area contributed by atoms with Gasteiger partial charge in [-0.1, -0.05) is 5.16 Å². The predicted octanol–water partition coefficient (Wildman–Crippen LogP) is -1.51. The summed E-state index contributed by atoms with van der Waals surface area (Å²) >= 11 is 0.965. The Balaban J connectivity index is 1.92. The van der Waals surface area contributed by atoms with E-state index in [2.05, 4.69) is 15.2 Å². The third-order valence-corrected chi connectivity index (χ3v) is 6.73. The van der Waals surface area contributed by atoms with Crippen LogP contribution in [0.1, 0.15) is 26.0 Å². The SMILES string of the molecule is Cn1cnn(C[C@@H]2[C@H](CC(=O)/C(=N\OC(C)(C)C(=O)O)c3csc(N)n3)C(=O)N2S(=O)(=O)O)c1=O. The van der Waals surface area contributed by atoms with Gasteiger partial charge in [0.05, 0.1) is 18.5 Å². The van der Waals surface area contributed by atoms with Crippen LogP contribution in [0.2, 0.25) is 0 Å². The van der Waals surface area contributed by atoms with Gasteiger partial charge in [0.2, 0.25) is 11.5 Å². The summed E-state index contributed by atoms with van der Waals surface area (Å²) in [5, 5.41) is 18.1. The third kappa shape index (κ3) is 5.23. The fourth-order valence-corrected chi connectivity index (χ4v) is 4.60. The maximum Gasteiger partial charge on any atom is 0.362 e. The Morgan fingerprint density at radius 3 is 2.49 bits per heavy atom. The number of β-lactam (4-membered cyclic amide) rings is 1. The van der Waals surface area contributed by atoms with Crippen molar-refractivity contribution < 1.29 is 37.3 Å². The Morgan fingerprint density at radius 2 is 2.00 bits per heavy atom. The topological polar surface area (TPSA) is 229 Å². The summed E-state index contributed by atoms with van der Waals surface area (Å²) in [5.74, 6) is -4.58. The first-order valence-electron chi connectivity index (χ1n) is 9.76. The highest BCUT2D eigenvalue weighted by Gasteiger charge is 2.54. The fourth-order valence-electron chi connectivity index (χ4n) is 3.14. The highest BCUT2D eigenvalue weighted by atomic mass is 32.2. The van der Waals surface area contributed by atoms with Gasteiger partial charge in [0.25, 0.3) is 0 Å². The van der Waals surface area contributed by atoms with Crippen LogP contribution in [-0.2, 0) is 43.1 Å². The van der Waals surface area contributed by atoms with Gasteiger partial charge in [-0.3, -0.25) is 18.7 Å². The largest absolute Gasteiger partial charge is 0.478 e. The number of hydrogen-bond acceptors (Lipinski definition) is 12. The maximum absolute atomic E-state index is 13.1. The average Bonchev–Trinajstić information content (AvgIpc) is 3.30. The standard InChI is InChI=1S/C17H21N7O9S2/c1-17(2,14(27)28)33-21-12(9-6-34-15(18)20-9)11(25)4-8-10(24(13(8)26)35(30,31)32)5-23-16(29)22(3)7-19-23/h6-8,10H,4-5H2,1-3H3,(H2,18,20)(H,27,28)(H,30,31,32)/b21-12-/t8-,10+/m0/s1. The fraction of sp³-hybridized carbons (Fsp3) is 0.471. The summed E-state index contributed by atoms with van der Waals surface area (Å²) in [6, 6.07) is -1.31. The van der Waals surface area contributed by atoms with E-state index in [0.29, 0.717) is 0 Å². The minimum Gasteiger partial charge on any atom is -0.478 e. The van der Waals surface area contributed by atoms with Crippen molar-refractivity contribution in [3.63, 3.8) is 0 Å². The molecule has 4 N–H and O–H groups in total. The van der Waals surface area contributed by atoms with Gasteiger partial charge in [0, 0.05) is 18.8 Å². The van der Waals surface area contributed by atoms with E-state index >= 15 is 0 Å². The molecule has 35 heavy (non-hydrogen) atoms. The maximum atomic E-state index is 13.1. The molecule has 190 valence electrons. The first-order valence-corrected chi connectivity index (χ1v) is 12.0. The van der Waals surface area contributed by atoms with Gasteiger partial charge < -0.3 is 15.7 Å².